The molecular weight excluding hydrogens is 217 g/mol. The van der Waals surface area contributed by atoms with Crippen molar-refractivity contribution in [3.63, 3.8) is 0 Å². The van der Waals surface area contributed by atoms with Gasteiger partial charge in [-0.15, -0.1) is 0 Å². The fourth-order valence-corrected chi connectivity index (χ4v) is 1.54. The van der Waals surface area contributed by atoms with E-state index >= 15 is 0 Å². The summed E-state index contributed by atoms with van der Waals surface area (Å²) in [6.45, 7) is 3.83. The molecule has 90 valence electrons. The molecular formula is C12H15F3O. The third-order valence-electron chi connectivity index (χ3n) is 2.51. The highest BCUT2D eigenvalue weighted by Crippen LogP contribution is 2.23. The van der Waals surface area contributed by atoms with E-state index in [4.69, 9.17) is 0 Å². The highest BCUT2D eigenvalue weighted by molar-refractivity contribution is 5.30. The van der Waals surface area contributed by atoms with Crippen LogP contribution in [0.25, 0.3) is 0 Å². The number of aliphatic hydroxyl groups is 1. The van der Waals surface area contributed by atoms with Gasteiger partial charge in [-0.25, -0.2) is 0 Å². The van der Waals surface area contributed by atoms with Crippen molar-refractivity contribution in [3.8, 4) is 0 Å². The van der Waals surface area contributed by atoms with Crippen LogP contribution in [0.4, 0.5) is 13.2 Å². The van der Waals surface area contributed by atoms with Crippen LogP contribution in [-0.4, -0.2) is 17.4 Å². The number of alkyl halides is 3. The van der Waals surface area contributed by atoms with Crippen molar-refractivity contribution < 1.29 is 18.3 Å². The Balaban J connectivity index is 2.63. The zero-order valence-electron chi connectivity index (χ0n) is 9.30. The molecule has 1 aromatic carbocycles. The van der Waals surface area contributed by atoms with E-state index in [1.54, 1.807) is 6.07 Å². The van der Waals surface area contributed by atoms with E-state index in [0.717, 1.165) is 16.7 Å². The van der Waals surface area contributed by atoms with Crippen molar-refractivity contribution in [2.75, 3.05) is 0 Å². The average Bonchev–Trinajstić information content (AvgIpc) is 2.08. The van der Waals surface area contributed by atoms with Gasteiger partial charge in [0.2, 0.25) is 0 Å². The van der Waals surface area contributed by atoms with E-state index < -0.39 is 18.7 Å². The summed E-state index contributed by atoms with van der Waals surface area (Å²) in [6, 6.07) is 5.42. The smallest absolute Gasteiger partial charge is 0.391 e. The predicted molar refractivity (Wildman–Crippen MR) is 56.3 cm³/mol. The fraction of sp³-hybridized carbons (Fsp3) is 0.500. The number of halogens is 3. The lowest BCUT2D eigenvalue weighted by atomic mass is 10.0. The van der Waals surface area contributed by atoms with Crippen LogP contribution in [0, 0.1) is 13.8 Å². The standard InChI is InChI=1S/C12H15F3O/c1-8-3-4-10(5-9(8)2)6-11(16)7-12(13,14)15/h3-5,11,16H,6-7H2,1-2H3. The molecule has 1 rings (SSSR count). The third kappa shape index (κ3) is 4.23. The van der Waals surface area contributed by atoms with Gasteiger partial charge in [-0.1, -0.05) is 18.2 Å². The van der Waals surface area contributed by atoms with Gasteiger partial charge in [0.05, 0.1) is 12.5 Å². The summed E-state index contributed by atoms with van der Waals surface area (Å²) in [4.78, 5) is 0. The monoisotopic (exact) mass is 232 g/mol. The van der Waals surface area contributed by atoms with Crippen molar-refractivity contribution in [3.05, 3.63) is 34.9 Å². The number of hydrogen-bond donors (Lipinski definition) is 1. The second-order valence-corrected chi connectivity index (χ2v) is 4.10. The molecule has 0 heterocycles. The van der Waals surface area contributed by atoms with Gasteiger partial charge in [-0.2, -0.15) is 13.2 Å². The maximum Gasteiger partial charge on any atom is 0.391 e. The molecule has 0 amide bonds. The predicted octanol–water partition coefficient (Wildman–Crippen LogP) is 3.16. The van der Waals surface area contributed by atoms with Crippen molar-refractivity contribution in [1.29, 1.82) is 0 Å². The second-order valence-electron chi connectivity index (χ2n) is 4.10. The molecule has 0 spiro atoms. The minimum atomic E-state index is -4.31. The molecule has 0 aromatic heterocycles. The van der Waals surface area contributed by atoms with E-state index in [1.807, 2.05) is 26.0 Å². The number of aryl methyl sites for hydroxylation is 2. The molecule has 1 aromatic rings. The maximum absolute atomic E-state index is 12.0. The minimum absolute atomic E-state index is 0.0423. The first-order chi connectivity index (χ1) is 7.28. The highest BCUT2D eigenvalue weighted by Gasteiger charge is 2.30. The second kappa shape index (κ2) is 4.87. The van der Waals surface area contributed by atoms with Gasteiger partial charge in [-0.3, -0.25) is 0 Å². The van der Waals surface area contributed by atoms with Gasteiger partial charge in [0.25, 0.3) is 0 Å². The van der Waals surface area contributed by atoms with E-state index in [-0.39, 0.29) is 6.42 Å². The Bertz CT molecular complexity index is 358. The molecule has 1 unspecified atom stereocenters. The molecule has 1 atom stereocenters. The molecule has 0 aliphatic carbocycles. The van der Waals surface area contributed by atoms with Crippen molar-refractivity contribution >= 4 is 0 Å². The van der Waals surface area contributed by atoms with Gasteiger partial charge >= 0.3 is 6.18 Å². The molecule has 1 nitrogen and oxygen atoms in total. The zero-order valence-corrected chi connectivity index (χ0v) is 9.30. The van der Waals surface area contributed by atoms with Crippen molar-refractivity contribution in [2.24, 2.45) is 0 Å². The van der Waals surface area contributed by atoms with Crippen LogP contribution in [-0.2, 0) is 6.42 Å². The normalized spacial score (nSPS) is 13.9. The topological polar surface area (TPSA) is 20.2 Å². The summed E-state index contributed by atoms with van der Waals surface area (Å²) in [5, 5.41) is 9.28. The third-order valence-corrected chi connectivity index (χ3v) is 2.51. The zero-order chi connectivity index (χ0) is 12.3. The van der Waals surface area contributed by atoms with Crippen LogP contribution >= 0.6 is 0 Å². The quantitative estimate of drug-likeness (QED) is 0.848. The lowest BCUT2D eigenvalue weighted by Gasteiger charge is -2.13. The number of rotatable bonds is 3. The van der Waals surface area contributed by atoms with Crippen LogP contribution in [0.3, 0.4) is 0 Å². The number of hydrogen-bond acceptors (Lipinski definition) is 1. The summed E-state index contributed by atoms with van der Waals surface area (Å²) in [5.41, 5.74) is 2.85. The van der Waals surface area contributed by atoms with E-state index in [9.17, 15) is 18.3 Å². The Labute approximate surface area is 92.9 Å². The van der Waals surface area contributed by atoms with Crippen LogP contribution in [0.5, 0.6) is 0 Å². The van der Waals surface area contributed by atoms with Gasteiger partial charge in [-0.05, 0) is 37.0 Å². The van der Waals surface area contributed by atoms with Crippen molar-refractivity contribution in [1.82, 2.24) is 0 Å². The van der Waals surface area contributed by atoms with Crippen LogP contribution in [0.2, 0.25) is 0 Å². The fourth-order valence-electron chi connectivity index (χ4n) is 1.54. The minimum Gasteiger partial charge on any atom is -0.392 e. The maximum atomic E-state index is 12.0. The highest BCUT2D eigenvalue weighted by atomic mass is 19.4. The van der Waals surface area contributed by atoms with E-state index in [2.05, 4.69) is 0 Å². The van der Waals surface area contributed by atoms with Gasteiger partial charge in [0.15, 0.2) is 0 Å². The lowest BCUT2D eigenvalue weighted by molar-refractivity contribution is -0.153. The first kappa shape index (κ1) is 13.0. The summed E-state index contributed by atoms with van der Waals surface area (Å²) < 4.78 is 36.0. The lowest BCUT2D eigenvalue weighted by Crippen LogP contribution is -2.21. The molecule has 0 aliphatic heterocycles. The largest absolute Gasteiger partial charge is 0.392 e. The van der Waals surface area contributed by atoms with Gasteiger partial charge < -0.3 is 5.11 Å². The Kier molecular flexibility index (Phi) is 3.97. The summed E-state index contributed by atoms with van der Waals surface area (Å²) in [6.07, 6.45) is -6.78. The molecule has 0 saturated carbocycles. The average molecular weight is 232 g/mol. The Morgan fingerprint density at radius 2 is 1.81 bits per heavy atom. The first-order valence-corrected chi connectivity index (χ1v) is 5.09. The summed E-state index contributed by atoms with van der Waals surface area (Å²) in [5.74, 6) is 0. The molecule has 16 heavy (non-hydrogen) atoms. The number of benzene rings is 1. The molecule has 4 heteroatoms. The van der Waals surface area contributed by atoms with E-state index in [0.29, 0.717) is 0 Å². The molecule has 1 N–H and O–H groups in total. The van der Waals surface area contributed by atoms with Crippen LogP contribution < -0.4 is 0 Å². The van der Waals surface area contributed by atoms with Crippen LogP contribution in [0.15, 0.2) is 18.2 Å². The molecule has 0 fully saturated rings. The first-order valence-electron chi connectivity index (χ1n) is 5.09. The summed E-state index contributed by atoms with van der Waals surface area (Å²) in [7, 11) is 0. The van der Waals surface area contributed by atoms with Crippen LogP contribution in [0.1, 0.15) is 23.1 Å². The molecule has 0 radical (unpaired) electrons. The Hall–Kier alpha value is -1.03. The SMILES string of the molecule is Cc1ccc(CC(O)CC(F)(F)F)cc1C. The molecule has 0 saturated heterocycles. The van der Waals surface area contributed by atoms with E-state index in [1.165, 1.54) is 0 Å². The number of aliphatic hydroxyl groups excluding tert-OH is 1. The van der Waals surface area contributed by atoms with Gasteiger partial charge in [0, 0.05) is 0 Å². The van der Waals surface area contributed by atoms with Gasteiger partial charge in [0.1, 0.15) is 0 Å². The molecule has 0 bridgehead atoms. The summed E-state index contributed by atoms with van der Waals surface area (Å²) >= 11 is 0. The molecule has 0 aliphatic rings. The Morgan fingerprint density at radius 3 is 2.31 bits per heavy atom. The Morgan fingerprint density at radius 1 is 1.19 bits per heavy atom. The van der Waals surface area contributed by atoms with Crippen molar-refractivity contribution in [2.45, 2.75) is 39.0 Å².